The van der Waals surface area contributed by atoms with Gasteiger partial charge in [0.25, 0.3) is 5.91 Å². The number of aromatic nitrogens is 1. The standard InChI is InChI=1S/C13H17BrN2O2/c1-2-11-9(5-7-18-11)8-16-13(17)12-10(14)4-3-6-15-12/h3-4,6,9,11H,2,5,7-8H2,1H3,(H,16,17). The highest BCUT2D eigenvalue weighted by Crippen LogP contribution is 2.22. The molecule has 4 nitrogen and oxygen atoms in total. The van der Waals surface area contributed by atoms with Crippen molar-refractivity contribution in [2.75, 3.05) is 13.2 Å². The summed E-state index contributed by atoms with van der Waals surface area (Å²) >= 11 is 3.33. The smallest absolute Gasteiger partial charge is 0.271 e. The lowest BCUT2D eigenvalue weighted by Crippen LogP contribution is -2.33. The van der Waals surface area contributed by atoms with Crippen molar-refractivity contribution in [1.82, 2.24) is 10.3 Å². The van der Waals surface area contributed by atoms with Crippen molar-refractivity contribution in [3.63, 3.8) is 0 Å². The van der Waals surface area contributed by atoms with Gasteiger partial charge in [-0.1, -0.05) is 6.92 Å². The third kappa shape index (κ3) is 3.09. The number of hydrogen-bond acceptors (Lipinski definition) is 3. The van der Waals surface area contributed by atoms with Crippen LogP contribution < -0.4 is 5.32 Å². The lowest BCUT2D eigenvalue weighted by molar-refractivity contribution is 0.0824. The summed E-state index contributed by atoms with van der Waals surface area (Å²) in [7, 11) is 0. The number of rotatable bonds is 4. The molecule has 0 spiro atoms. The van der Waals surface area contributed by atoms with Crippen molar-refractivity contribution in [2.24, 2.45) is 5.92 Å². The van der Waals surface area contributed by atoms with Gasteiger partial charge in [0, 0.05) is 29.7 Å². The molecule has 0 bridgehead atoms. The Morgan fingerprint density at radius 2 is 2.50 bits per heavy atom. The van der Waals surface area contributed by atoms with Crippen LogP contribution in [0.25, 0.3) is 0 Å². The first-order valence-electron chi connectivity index (χ1n) is 6.22. The van der Waals surface area contributed by atoms with Gasteiger partial charge < -0.3 is 10.1 Å². The molecule has 0 radical (unpaired) electrons. The Balaban J connectivity index is 1.91. The fourth-order valence-electron chi connectivity index (χ4n) is 2.24. The van der Waals surface area contributed by atoms with Crippen LogP contribution in [0.15, 0.2) is 22.8 Å². The summed E-state index contributed by atoms with van der Waals surface area (Å²) in [5.74, 6) is 0.283. The number of nitrogens with zero attached hydrogens (tertiary/aromatic N) is 1. The van der Waals surface area contributed by atoms with E-state index in [0.717, 1.165) is 23.9 Å². The van der Waals surface area contributed by atoms with E-state index in [4.69, 9.17) is 4.74 Å². The predicted molar refractivity (Wildman–Crippen MR) is 72.4 cm³/mol. The quantitative estimate of drug-likeness (QED) is 0.928. The van der Waals surface area contributed by atoms with E-state index in [1.54, 1.807) is 12.3 Å². The molecule has 1 fully saturated rings. The topological polar surface area (TPSA) is 51.2 Å². The van der Waals surface area contributed by atoms with E-state index >= 15 is 0 Å². The van der Waals surface area contributed by atoms with Crippen LogP contribution in [-0.2, 0) is 4.74 Å². The second kappa shape index (κ2) is 6.29. The molecule has 2 heterocycles. The molecule has 1 aromatic heterocycles. The minimum Gasteiger partial charge on any atom is -0.378 e. The molecule has 1 amide bonds. The maximum Gasteiger partial charge on any atom is 0.271 e. The highest BCUT2D eigenvalue weighted by atomic mass is 79.9. The van der Waals surface area contributed by atoms with Crippen LogP contribution in [0.4, 0.5) is 0 Å². The number of carbonyl (C=O) groups excluding carboxylic acids is 1. The van der Waals surface area contributed by atoms with E-state index < -0.39 is 0 Å². The molecule has 98 valence electrons. The molecule has 2 rings (SSSR count). The number of nitrogens with one attached hydrogen (secondary N) is 1. The van der Waals surface area contributed by atoms with E-state index in [-0.39, 0.29) is 12.0 Å². The molecular weight excluding hydrogens is 296 g/mol. The van der Waals surface area contributed by atoms with Gasteiger partial charge in [0.15, 0.2) is 0 Å². The van der Waals surface area contributed by atoms with Gasteiger partial charge in [0.05, 0.1) is 6.10 Å². The van der Waals surface area contributed by atoms with Crippen LogP contribution in [0.1, 0.15) is 30.3 Å². The van der Waals surface area contributed by atoms with Crippen LogP contribution in [0.3, 0.4) is 0 Å². The lowest BCUT2D eigenvalue weighted by atomic mass is 10.00. The molecule has 5 heteroatoms. The summed E-state index contributed by atoms with van der Waals surface area (Å²) in [5.41, 5.74) is 0.435. The van der Waals surface area contributed by atoms with Crippen molar-refractivity contribution in [2.45, 2.75) is 25.9 Å². The van der Waals surface area contributed by atoms with Crippen molar-refractivity contribution in [3.8, 4) is 0 Å². The van der Waals surface area contributed by atoms with Gasteiger partial charge in [0.2, 0.25) is 0 Å². The van der Waals surface area contributed by atoms with Crippen LogP contribution in [-0.4, -0.2) is 30.1 Å². The summed E-state index contributed by atoms with van der Waals surface area (Å²) in [5, 5.41) is 2.93. The molecule has 1 N–H and O–H groups in total. The van der Waals surface area contributed by atoms with Gasteiger partial charge in [-0.05, 0) is 40.9 Å². The minimum absolute atomic E-state index is 0.135. The van der Waals surface area contributed by atoms with Crippen molar-refractivity contribution < 1.29 is 9.53 Å². The zero-order valence-corrected chi connectivity index (χ0v) is 11.9. The van der Waals surface area contributed by atoms with Crippen LogP contribution in [0.2, 0.25) is 0 Å². The summed E-state index contributed by atoms with van der Waals surface area (Å²) in [4.78, 5) is 16.0. The molecule has 1 saturated heterocycles. The third-order valence-electron chi connectivity index (χ3n) is 3.25. The number of hydrogen-bond donors (Lipinski definition) is 1. The Hall–Kier alpha value is -0.940. The highest BCUT2D eigenvalue weighted by Gasteiger charge is 2.27. The van der Waals surface area contributed by atoms with E-state index in [0.29, 0.717) is 18.2 Å². The average Bonchev–Trinajstić information content (AvgIpc) is 2.84. The molecule has 0 aliphatic carbocycles. The monoisotopic (exact) mass is 312 g/mol. The van der Waals surface area contributed by atoms with E-state index in [9.17, 15) is 4.79 Å². The molecular formula is C13H17BrN2O2. The Morgan fingerprint density at radius 1 is 1.67 bits per heavy atom. The van der Waals surface area contributed by atoms with Gasteiger partial charge in [0.1, 0.15) is 5.69 Å². The molecule has 2 atom stereocenters. The van der Waals surface area contributed by atoms with Gasteiger partial charge >= 0.3 is 0 Å². The summed E-state index contributed by atoms with van der Waals surface area (Å²) in [6.07, 6.45) is 3.90. The zero-order valence-electron chi connectivity index (χ0n) is 10.4. The highest BCUT2D eigenvalue weighted by molar-refractivity contribution is 9.10. The lowest BCUT2D eigenvalue weighted by Gasteiger charge is -2.17. The molecule has 1 aliphatic rings. The Labute approximate surface area is 115 Å². The first-order valence-corrected chi connectivity index (χ1v) is 7.02. The maximum atomic E-state index is 12.0. The second-order valence-electron chi connectivity index (χ2n) is 4.41. The number of carbonyl (C=O) groups is 1. The Kier molecular flexibility index (Phi) is 4.72. The number of halogens is 1. The zero-order chi connectivity index (χ0) is 13.0. The van der Waals surface area contributed by atoms with Gasteiger partial charge in [-0.25, -0.2) is 4.98 Å². The normalized spacial score (nSPS) is 23.0. The van der Waals surface area contributed by atoms with E-state index in [2.05, 4.69) is 33.2 Å². The van der Waals surface area contributed by atoms with Crippen molar-refractivity contribution in [1.29, 1.82) is 0 Å². The van der Waals surface area contributed by atoms with E-state index in [1.165, 1.54) is 0 Å². The van der Waals surface area contributed by atoms with Crippen LogP contribution in [0.5, 0.6) is 0 Å². The fraction of sp³-hybridized carbons (Fsp3) is 0.538. The second-order valence-corrected chi connectivity index (χ2v) is 5.26. The first-order chi connectivity index (χ1) is 8.72. The SMILES string of the molecule is CCC1OCCC1CNC(=O)c1ncccc1Br. The number of pyridine rings is 1. The van der Waals surface area contributed by atoms with E-state index in [1.807, 2.05) is 6.07 Å². The Morgan fingerprint density at radius 3 is 3.22 bits per heavy atom. The molecule has 1 aliphatic heterocycles. The van der Waals surface area contributed by atoms with Crippen molar-refractivity contribution in [3.05, 3.63) is 28.5 Å². The minimum atomic E-state index is -0.135. The average molecular weight is 313 g/mol. The largest absolute Gasteiger partial charge is 0.378 e. The van der Waals surface area contributed by atoms with Gasteiger partial charge in [-0.2, -0.15) is 0 Å². The number of ether oxygens (including phenoxy) is 1. The van der Waals surface area contributed by atoms with Crippen molar-refractivity contribution >= 4 is 21.8 Å². The molecule has 0 aromatic carbocycles. The maximum absolute atomic E-state index is 12.0. The van der Waals surface area contributed by atoms with Crippen LogP contribution in [0, 0.1) is 5.92 Å². The summed E-state index contributed by atoms with van der Waals surface area (Å²) in [6.45, 7) is 3.56. The fourth-order valence-corrected chi connectivity index (χ4v) is 2.67. The predicted octanol–water partition coefficient (Wildman–Crippen LogP) is 2.39. The molecule has 18 heavy (non-hydrogen) atoms. The Bertz CT molecular complexity index is 425. The van der Waals surface area contributed by atoms with Gasteiger partial charge in [-0.3, -0.25) is 4.79 Å². The molecule has 2 unspecified atom stereocenters. The first kappa shape index (κ1) is 13.5. The molecule has 1 aromatic rings. The van der Waals surface area contributed by atoms with Gasteiger partial charge in [-0.15, -0.1) is 0 Å². The third-order valence-corrected chi connectivity index (χ3v) is 3.89. The number of amides is 1. The molecule has 0 saturated carbocycles. The van der Waals surface area contributed by atoms with Crippen LogP contribution >= 0.6 is 15.9 Å². The summed E-state index contributed by atoms with van der Waals surface area (Å²) < 4.78 is 6.32. The summed E-state index contributed by atoms with van der Waals surface area (Å²) in [6, 6.07) is 3.61.